The van der Waals surface area contributed by atoms with Crippen LogP contribution >= 0.6 is 0 Å². The molecule has 1 spiro atoms. The number of aromatic nitrogens is 2. The van der Waals surface area contributed by atoms with Crippen molar-refractivity contribution >= 4 is 11.9 Å². The quantitative estimate of drug-likeness (QED) is 0.861. The second-order valence-electron chi connectivity index (χ2n) is 9.33. The molecule has 0 radical (unpaired) electrons. The molecule has 146 valence electrons. The minimum atomic E-state index is -0.107. The first-order valence-corrected chi connectivity index (χ1v) is 10.5. The molecular formula is C21H30N4O2. The van der Waals surface area contributed by atoms with Gasteiger partial charge in [0.05, 0.1) is 18.2 Å². The molecular weight excluding hydrogens is 340 g/mol. The van der Waals surface area contributed by atoms with Gasteiger partial charge in [0, 0.05) is 42.2 Å². The van der Waals surface area contributed by atoms with Crippen LogP contribution in [-0.4, -0.2) is 47.2 Å². The zero-order chi connectivity index (χ0) is 18.8. The Bertz CT molecular complexity index is 777. The highest BCUT2D eigenvalue weighted by molar-refractivity contribution is 5.84. The fourth-order valence-electron chi connectivity index (χ4n) is 5.43. The third-order valence-electron chi connectivity index (χ3n) is 7.51. The molecule has 3 saturated heterocycles. The molecule has 4 fully saturated rings. The maximum atomic E-state index is 12.4. The van der Waals surface area contributed by atoms with Gasteiger partial charge in [-0.3, -0.25) is 4.79 Å². The Morgan fingerprint density at radius 1 is 1.41 bits per heavy atom. The summed E-state index contributed by atoms with van der Waals surface area (Å²) in [6.07, 6.45) is 7.44. The molecule has 1 aromatic rings. The maximum Gasteiger partial charge on any atom is 0.225 e. The van der Waals surface area contributed by atoms with E-state index in [0.717, 1.165) is 68.9 Å². The van der Waals surface area contributed by atoms with E-state index in [1.807, 2.05) is 6.20 Å². The molecule has 2 bridgehead atoms. The molecule has 4 aliphatic rings. The van der Waals surface area contributed by atoms with Gasteiger partial charge >= 0.3 is 0 Å². The molecule has 5 rings (SSSR count). The van der Waals surface area contributed by atoms with Crippen molar-refractivity contribution in [3.8, 4) is 0 Å². The Balaban J connectivity index is 1.32. The van der Waals surface area contributed by atoms with Gasteiger partial charge in [-0.05, 0) is 44.6 Å². The summed E-state index contributed by atoms with van der Waals surface area (Å²) in [5.74, 6) is 1.93. The summed E-state index contributed by atoms with van der Waals surface area (Å²) in [6, 6.07) is 0. The van der Waals surface area contributed by atoms with Gasteiger partial charge in [0.25, 0.3) is 0 Å². The van der Waals surface area contributed by atoms with Crippen LogP contribution in [0.5, 0.6) is 0 Å². The number of fused-ring (bicyclic) bond motifs is 1. The molecule has 0 aromatic carbocycles. The zero-order valence-electron chi connectivity index (χ0n) is 16.6. The van der Waals surface area contributed by atoms with Crippen molar-refractivity contribution in [1.82, 2.24) is 15.3 Å². The summed E-state index contributed by atoms with van der Waals surface area (Å²) in [4.78, 5) is 24.1. The van der Waals surface area contributed by atoms with Crippen LogP contribution in [0, 0.1) is 24.2 Å². The molecule has 1 saturated carbocycles. The SMILES string of the molecule is CCc1nc(N2C[C@@H]3[C@H](CNC(=O)C4(C)CC4)[C@H]4CC[C@]3(C2)O4)ncc1C. The highest BCUT2D eigenvalue weighted by Gasteiger charge is 2.63. The van der Waals surface area contributed by atoms with Crippen LogP contribution in [0.1, 0.15) is 50.8 Å². The third kappa shape index (κ3) is 2.67. The number of carbonyl (C=O) groups is 1. The first-order chi connectivity index (χ1) is 12.9. The number of anilines is 1. The summed E-state index contributed by atoms with van der Waals surface area (Å²) in [5.41, 5.74) is 2.11. The van der Waals surface area contributed by atoms with Crippen LogP contribution in [0.3, 0.4) is 0 Å². The monoisotopic (exact) mass is 370 g/mol. The maximum absolute atomic E-state index is 12.4. The number of ether oxygens (including phenoxy) is 1. The second kappa shape index (κ2) is 5.90. The van der Waals surface area contributed by atoms with E-state index in [4.69, 9.17) is 9.72 Å². The van der Waals surface area contributed by atoms with E-state index in [2.05, 4.69) is 36.0 Å². The molecule has 27 heavy (non-hydrogen) atoms. The van der Waals surface area contributed by atoms with Gasteiger partial charge in [-0.25, -0.2) is 9.97 Å². The van der Waals surface area contributed by atoms with Crippen molar-refractivity contribution in [2.75, 3.05) is 24.5 Å². The van der Waals surface area contributed by atoms with Gasteiger partial charge in [0.1, 0.15) is 0 Å². The van der Waals surface area contributed by atoms with E-state index >= 15 is 0 Å². The Hall–Kier alpha value is -1.69. The van der Waals surface area contributed by atoms with E-state index in [1.165, 1.54) is 0 Å². The number of hydrogen-bond acceptors (Lipinski definition) is 5. The summed E-state index contributed by atoms with van der Waals surface area (Å²) in [6.45, 7) is 8.83. The van der Waals surface area contributed by atoms with Crippen molar-refractivity contribution in [2.45, 2.75) is 64.6 Å². The van der Waals surface area contributed by atoms with Crippen molar-refractivity contribution < 1.29 is 9.53 Å². The van der Waals surface area contributed by atoms with E-state index in [9.17, 15) is 4.79 Å². The lowest BCUT2D eigenvalue weighted by Crippen LogP contribution is -2.43. The van der Waals surface area contributed by atoms with Gasteiger partial charge in [0.2, 0.25) is 11.9 Å². The number of rotatable bonds is 5. The topological polar surface area (TPSA) is 67.4 Å². The highest BCUT2D eigenvalue weighted by atomic mass is 16.5. The standard InChI is InChI=1S/C21H30N4O2/c1-4-16-13(2)9-23-19(24-16)25-11-15-14(10-22-18(26)20(3)7-8-20)17-5-6-21(15,12-25)27-17/h9,14-15,17H,4-8,10-12H2,1-3H3,(H,22,26)/t14-,15+,17+,21+/m0/s1. The smallest absolute Gasteiger partial charge is 0.225 e. The van der Waals surface area contributed by atoms with E-state index in [1.54, 1.807) is 0 Å². The Morgan fingerprint density at radius 2 is 2.22 bits per heavy atom. The van der Waals surface area contributed by atoms with E-state index in [0.29, 0.717) is 17.9 Å². The normalized spacial score (nSPS) is 35.4. The Labute approximate surface area is 161 Å². The van der Waals surface area contributed by atoms with Gasteiger partial charge in [-0.1, -0.05) is 13.8 Å². The average Bonchev–Trinajstić information content (AvgIpc) is 3.04. The number of amides is 1. The van der Waals surface area contributed by atoms with Gasteiger partial charge in [-0.15, -0.1) is 0 Å². The van der Waals surface area contributed by atoms with E-state index in [-0.39, 0.29) is 16.9 Å². The molecule has 6 heteroatoms. The van der Waals surface area contributed by atoms with Crippen LogP contribution < -0.4 is 10.2 Å². The molecule has 1 aromatic heterocycles. The summed E-state index contributed by atoms with van der Waals surface area (Å²) < 4.78 is 6.51. The van der Waals surface area contributed by atoms with Crippen molar-refractivity contribution in [2.24, 2.45) is 17.3 Å². The Morgan fingerprint density at radius 3 is 2.96 bits per heavy atom. The fraction of sp³-hybridized carbons (Fsp3) is 0.762. The average molecular weight is 370 g/mol. The lowest BCUT2D eigenvalue weighted by Gasteiger charge is -2.29. The number of carbonyl (C=O) groups excluding carboxylic acids is 1. The van der Waals surface area contributed by atoms with Crippen molar-refractivity contribution in [3.63, 3.8) is 0 Å². The number of aryl methyl sites for hydroxylation is 2. The first-order valence-electron chi connectivity index (χ1n) is 10.5. The first kappa shape index (κ1) is 17.4. The molecule has 0 unspecified atom stereocenters. The molecule has 3 aliphatic heterocycles. The molecule has 4 heterocycles. The lowest BCUT2D eigenvalue weighted by atomic mass is 9.73. The summed E-state index contributed by atoms with van der Waals surface area (Å²) in [5, 5.41) is 3.23. The van der Waals surface area contributed by atoms with Crippen LogP contribution in [0.15, 0.2) is 6.20 Å². The van der Waals surface area contributed by atoms with Crippen LogP contribution in [-0.2, 0) is 16.0 Å². The van der Waals surface area contributed by atoms with Crippen LogP contribution in [0.2, 0.25) is 0 Å². The third-order valence-corrected chi connectivity index (χ3v) is 7.51. The highest BCUT2D eigenvalue weighted by Crippen LogP contribution is 2.55. The molecule has 4 atom stereocenters. The van der Waals surface area contributed by atoms with Crippen molar-refractivity contribution in [1.29, 1.82) is 0 Å². The number of hydrogen-bond donors (Lipinski definition) is 1. The largest absolute Gasteiger partial charge is 0.369 e. The second-order valence-corrected chi connectivity index (χ2v) is 9.33. The van der Waals surface area contributed by atoms with Gasteiger partial charge in [0.15, 0.2) is 0 Å². The molecule has 6 nitrogen and oxygen atoms in total. The van der Waals surface area contributed by atoms with Crippen LogP contribution in [0.25, 0.3) is 0 Å². The fourth-order valence-corrected chi connectivity index (χ4v) is 5.43. The molecule has 1 N–H and O–H groups in total. The van der Waals surface area contributed by atoms with Gasteiger partial charge in [-0.2, -0.15) is 0 Å². The van der Waals surface area contributed by atoms with Gasteiger partial charge < -0.3 is 15.0 Å². The minimum Gasteiger partial charge on any atom is -0.369 e. The Kier molecular flexibility index (Phi) is 3.81. The predicted molar refractivity (Wildman–Crippen MR) is 103 cm³/mol. The molecule has 1 amide bonds. The predicted octanol–water partition coefficient (Wildman–Crippen LogP) is 2.25. The number of nitrogens with one attached hydrogen (secondary N) is 1. The minimum absolute atomic E-state index is 0.0653. The van der Waals surface area contributed by atoms with E-state index < -0.39 is 0 Å². The summed E-state index contributed by atoms with van der Waals surface area (Å²) in [7, 11) is 0. The zero-order valence-corrected chi connectivity index (χ0v) is 16.6. The number of nitrogens with zero attached hydrogens (tertiary/aromatic N) is 3. The summed E-state index contributed by atoms with van der Waals surface area (Å²) >= 11 is 0. The molecule has 1 aliphatic carbocycles. The van der Waals surface area contributed by atoms with Crippen molar-refractivity contribution in [3.05, 3.63) is 17.5 Å². The van der Waals surface area contributed by atoms with Crippen LogP contribution in [0.4, 0.5) is 5.95 Å². The lowest BCUT2D eigenvalue weighted by molar-refractivity contribution is -0.126.